The maximum Gasteiger partial charge on any atom is 0.411 e. The van der Waals surface area contributed by atoms with Crippen molar-refractivity contribution >= 4 is 35.4 Å². The summed E-state index contributed by atoms with van der Waals surface area (Å²) in [6.45, 7) is 3.05. The molecule has 0 bridgehead atoms. The summed E-state index contributed by atoms with van der Waals surface area (Å²) >= 11 is 0. The van der Waals surface area contributed by atoms with Crippen molar-refractivity contribution in [2.75, 3.05) is 31.7 Å². The topological polar surface area (TPSA) is 143 Å². The molecule has 0 radical (unpaired) electrons. The third-order valence-electron chi connectivity index (χ3n) is 7.98. The van der Waals surface area contributed by atoms with E-state index in [0.717, 1.165) is 38.5 Å². The summed E-state index contributed by atoms with van der Waals surface area (Å²) in [5, 5.41) is 7.74. The number of hydrogen-bond acceptors (Lipinski definition) is 7. The van der Waals surface area contributed by atoms with Crippen LogP contribution < -0.4 is 16.0 Å². The van der Waals surface area contributed by atoms with Crippen LogP contribution in [0.25, 0.3) is 0 Å². The van der Waals surface area contributed by atoms with Gasteiger partial charge >= 0.3 is 6.09 Å². The van der Waals surface area contributed by atoms with Crippen molar-refractivity contribution in [2.24, 2.45) is 0 Å². The van der Waals surface area contributed by atoms with E-state index in [1.807, 2.05) is 6.08 Å². The molecule has 11 heteroatoms. The number of anilines is 1. The van der Waals surface area contributed by atoms with E-state index in [-0.39, 0.29) is 56.9 Å². The van der Waals surface area contributed by atoms with Gasteiger partial charge < -0.3 is 19.7 Å². The molecule has 1 unspecified atom stereocenters. The second-order valence-electron chi connectivity index (χ2n) is 11.9. The summed E-state index contributed by atoms with van der Waals surface area (Å²) in [6, 6.07) is 4.19. The average Bonchev–Trinajstić information content (AvgIpc) is 3.45. The Labute approximate surface area is 301 Å². The number of carbonyl (C=O) groups is 5. The lowest BCUT2D eigenvalue weighted by Gasteiger charge is -2.29. The minimum absolute atomic E-state index is 0.00117. The van der Waals surface area contributed by atoms with Gasteiger partial charge in [0.25, 0.3) is 5.91 Å². The van der Waals surface area contributed by atoms with Crippen molar-refractivity contribution < 1.29 is 33.4 Å². The second kappa shape index (κ2) is 24.2. The van der Waals surface area contributed by atoms with Crippen LogP contribution in [0.1, 0.15) is 87.1 Å². The highest BCUT2D eigenvalue weighted by molar-refractivity contribution is 6.06. The Morgan fingerprint density at radius 1 is 0.843 bits per heavy atom. The first-order valence-corrected chi connectivity index (χ1v) is 17.9. The zero-order chi connectivity index (χ0) is 36.5. The molecule has 1 fully saturated rings. The van der Waals surface area contributed by atoms with Crippen molar-refractivity contribution in [3.8, 4) is 0 Å². The number of allylic oxidation sites excluding steroid dienone is 12. The highest BCUT2D eigenvalue weighted by Crippen LogP contribution is 2.32. The minimum atomic E-state index is -0.744. The smallest absolute Gasteiger partial charge is 0.411 e. The molecule has 1 aromatic rings. The number of nitrogens with one attached hydrogen (secondary N) is 3. The van der Waals surface area contributed by atoms with Crippen molar-refractivity contribution in [1.82, 2.24) is 15.5 Å². The molecule has 1 aromatic carbocycles. The molecule has 3 rings (SSSR count). The van der Waals surface area contributed by atoms with Crippen LogP contribution in [0.3, 0.4) is 0 Å². The summed E-state index contributed by atoms with van der Waals surface area (Å²) in [5.74, 6) is -1.24. The fourth-order valence-corrected chi connectivity index (χ4v) is 5.35. The molecule has 5 amide bonds. The minimum Gasteiger partial charge on any atom is -0.447 e. The van der Waals surface area contributed by atoms with Crippen LogP contribution in [0.4, 0.5) is 10.5 Å². The molecule has 274 valence electrons. The summed E-state index contributed by atoms with van der Waals surface area (Å²) in [7, 11) is 0. The molecule has 0 aliphatic carbocycles. The van der Waals surface area contributed by atoms with Gasteiger partial charge in [-0.25, -0.2) is 4.79 Å². The molecule has 3 N–H and O–H groups in total. The molecule has 0 aromatic heterocycles. The fourth-order valence-electron chi connectivity index (χ4n) is 5.35. The maximum absolute atomic E-state index is 12.9. The number of imide groups is 1. The lowest BCUT2D eigenvalue weighted by molar-refractivity contribution is -0.137. The van der Waals surface area contributed by atoms with Gasteiger partial charge in [0.05, 0.1) is 13.2 Å². The van der Waals surface area contributed by atoms with E-state index >= 15 is 0 Å². The number of carbonyl (C=O) groups excluding carboxylic acids is 5. The van der Waals surface area contributed by atoms with Gasteiger partial charge in [-0.3, -0.25) is 29.8 Å². The van der Waals surface area contributed by atoms with Gasteiger partial charge in [0.15, 0.2) is 0 Å². The van der Waals surface area contributed by atoms with Crippen LogP contribution in [0.5, 0.6) is 0 Å². The largest absolute Gasteiger partial charge is 0.447 e. The van der Waals surface area contributed by atoms with Crippen LogP contribution in [0.2, 0.25) is 0 Å². The molecule has 1 atom stereocenters. The average molecular weight is 701 g/mol. The highest BCUT2D eigenvalue weighted by atomic mass is 16.6. The number of amides is 5. The zero-order valence-electron chi connectivity index (χ0n) is 29.6. The molecule has 0 saturated carbocycles. The Morgan fingerprint density at radius 3 is 2.10 bits per heavy atom. The molecule has 0 spiro atoms. The number of nitrogens with zero attached hydrogens (tertiary/aromatic N) is 1. The van der Waals surface area contributed by atoms with Gasteiger partial charge in [0.1, 0.15) is 12.6 Å². The Bertz CT molecular complexity index is 1490. The van der Waals surface area contributed by atoms with Gasteiger partial charge in [-0.15, -0.1) is 0 Å². The molecule has 11 nitrogen and oxygen atoms in total. The normalized spacial score (nSPS) is 16.5. The second-order valence-corrected chi connectivity index (χ2v) is 11.9. The standard InChI is InChI=1S/C40H52N4O7/c1-2-3-4-5-6-7-8-9-10-11-12-13-14-15-16-17-18-19-20-24-36(45)41-27-28-50-29-30-51-40(49)42-34-23-21-22-32-33(34)31-44(39(32)48)35-25-26-37(46)43-38(35)47/h3-4,6-7,9-10,12-13,15-16,18-19,21-23,35H,2,5,8,11,14,17,20,24-31H2,1H3,(H,41,45)(H,42,49)(H,43,46,47)/b4-3-,7-6-,10-9-,13-12-,16-15-,19-18-. The van der Waals surface area contributed by atoms with E-state index in [1.165, 1.54) is 4.90 Å². The first kappa shape index (κ1) is 40.4. The molecule has 2 aliphatic heterocycles. The quantitative estimate of drug-likeness (QED) is 0.0702. The Morgan fingerprint density at radius 2 is 1.47 bits per heavy atom. The number of hydrogen-bond donors (Lipinski definition) is 3. The summed E-state index contributed by atoms with van der Waals surface area (Å²) < 4.78 is 10.6. The van der Waals surface area contributed by atoms with Gasteiger partial charge in [0.2, 0.25) is 17.7 Å². The molecular weight excluding hydrogens is 648 g/mol. The lowest BCUT2D eigenvalue weighted by atomic mass is 10.0. The molecule has 1 saturated heterocycles. The summed E-state index contributed by atoms with van der Waals surface area (Å²) in [6.07, 6.45) is 32.3. The molecular formula is C40H52N4O7. The predicted molar refractivity (Wildman–Crippen MR) is 199 cm³/mol. The van der Waals surface area contributed by atoms with E-state index in [0.29, 0.717) is 36.2 Å². The van der Waals surface area contributed by atoms with E-state index in [4.69, 9.17) is 9.47 Å². The van der Waals surface area contributed by atoms with E-state index in [2.05, 4.69) is 89.7 Å². The maximum atomic E-state index is 12.9. The van der Waals surface area contributed by atoms with Crippen LogP contribution in [-0.2, 0) is 30.4 Å². The Hall–Kier alpha value is -5.03. The SMILES string of the molecule is CC/C=C\C/C=C\C/C=C\C/C=C\C/C=C\C/C=C\CCC(=O)NCCOCCOC(=O)Nc1cccc2c1CN(C1CCC(=O)NC1=O)C2=O. The van der Waals surface area contributed by atoms with Crippen LogP contribution in [0.15, 0.2) is 91.1 Å². The van der Waals surface area contributed by atoms with E-state index in [1.54, 1.807) is 18.2 Å². The van der Waals surface area contributed by atoms with E-state index in [9.17, 15) is 24.0 Å². The van der Waals surface area contributed by atoms with Crippen molar-refractivity contribution in [2.45, 2.75) is 83.7 Å². The summed E-state index contributed by atoms with van der Waals surface area (Å²) in [4.78, 5) is 62.6. The summed E-state index contributed by atoms with van der Waals surface area (Å²) in [5.41, 5.74) is 1.38. The first-order chi connectivity index (χ1) is 24.9. The Balaban J connectivity index is 1.16. The Kier molecular flexibility index (Phi) is 19.2. The third kappa shape index (κ3) is 15.6. The zero-order valence-corrected chi connectivity index (χ0v) is 29.6. The van der Waals surface area contributed by atoms with Crippen LogP contribution >= 0.6 is 0 Å². The van der Waals surface area contributed by atoms with E-state index < -0.39 is 18.0 Å². The van der Waals surface area contributed by atoms with Crippen molar-refractivity contribution in [3.05, 3.63) is 102 Å². The van der Waals surface area contributed by atoms with Gasteiger partial charge in [-0.05, 0) is 63.5 Å². The monoisotopic (exact) mass is 700 g/mol. The number of piperidine rings is 1. The molecule has 2 aliphatic rings. The first-order valence-electron chi connectivity index (χ1n) is 17.9. The van der Waals surface area contributed by atoms with Gasteiger partial charge in [-0.1, -0.05) is 85.9 Å². The number of fused-ring (bicyclic) bond motifs is 1. The predicted octanol–water partition coefficient (Wildman–Crippen LogP) is 6.61. The van der Waals surface area contributed by atoms with Crippen LogP contribution in [0, 0.1) is 0 Å². The van der Waals surface area contributed by atoms with Gasteiger partial charge in [0, 0.05) is 42.7 Å². The lowest BCUT2D eigenvalue weighted by Crippen LogP contribution is -2.52. The third-order valence-corrected chi connectivity index (χ3v) is 7.98. The number of ether oxygens (including phenoxy) is 2. The molecule has 51 heavy (non-hydrogen) atoms. The molecule has 2 heterocycles. The van der Waals surface area contributed by atoms with Crippen molar-refractivity contribution in [1.29, 1.82) is 0 Å². The van der Waals surface area contributed by atoms with Crippen LogP contribution in [-0.4, -0.2) is 67.0 Å². The van der Waals surface area contributed by atoms with Crippen molar-refractivity contribution in [3.63, 3.8) is 0 Å². The highest BCUT2D eigenvalue weighted by Gasteiger charge is 2.40. The van der Waals surface area contributed by atoms with Gasteiger partial charge in [-0.2, -0.15) is 0 Å². The fraction of sp³-hybridized carbons (Fsp3) is 0.425. The number of benzene rings is 1. The number of rotatable bonds is 22.